The molecule has 0 aromatic heterocycles. The van der Waals surface area contributed by atoms with Crippen molar-refractivity contribution in [2.75, 3.05) is 45.9 Å². The van der Waals surface area contributed by atoms with Crippen LogP contribution in [0.1, 0.15) is 6.92 Å². The van der Waals surface area contributed by atoms with E-state index >= 15 is 0 Å². The zero-order valence-electron chi connectivity index (χ0n) is 13.3. The number of hydrogen-bond acceptors (Lipinski definition) is 6. The van der Waals surface area contributed by atoms with Gasteiger partial charge in [-0.1, -0.05) is 0 Å². The minimum atomic E-state index is -0.810. The summed E-state index contributed by atoms with van der Waals surface area (Å²) in [6.45, 7) is 3.31. The van der Waals surface area contributed by atoms with Gasteiger partial charge >= 0.3 is 23.9 Å². The molecule has 0 unspecified atom stereocenters. The van der Waals surface area contributed by atoms with Gasteiger partial charge in [0, 0.05) is 45.2 Å². The molecule has 24 heavy (non-hydrogen) atoms. The first-order valence-corrected chi connectivity index (χ1v) is 7.79. The molecular formula is C14H18N4O6. The molecule has 3 aliphatic rings. The van der Waals surface area contributed by atoms with Gasteiger partial charge in [0.25, 0.3) is 5.91 Å². The lowest BCUT2D eigenvalue weighted by molar-refractivity contribution is -0.154. The highest BCUT2D eigenvalue weighted by Gasteiger charge is 2.42. The number of carbonyl (C=O) groups excluding carboxylic acids is 5. The number of ether oxygens (including phenoxy) is 1. The van der Waals surface area contributed by atoms with Crippen LogP contribution in [0.4, 0.5) is 9.59 Å². The fraction of sp³-hybridized carbons (Fsp3) is 0.643. The summed E-state index contributed by atoms with van der Waals surface area (Å²) in [5.41, 5.74) is 0. The van der Waals surface area contributed by atoms with Crippen molar-refractivity contribution in [1.82, 2.24) is 19.6 Å². The molecule has 10 heteroatoms. The van der Waals surface area contributed by atoms with Crippen LogP contribution < -0.4 is 0 Å². The van der Waals surface area contributed by atoms with Crippen molar-refractivity contribution >= 4 is 29.8 Å². The summed E-state index contributed by atoms with van der Waals surface area (Å²) in [5.74, 6) is -1.91. The molecule has 6 amide bonds. The Morgan fingerprint density at radius 1 is 1.12 bits per heavy atom. The first kappa shape index (κ1) is 16.2. The van der Waals surface area contributed by atoms with E-state index in [0.717, 1.165) is 9.80 Å². The molecule has 3 saturated heterocycles. The van der Waals surface area contributed by atoms with Gasteiger partial charge in [-0.15, -0.1) is 0 Å². The van der Waals surface area contributed by atoms with Gasteiger partial charge in [0.1, 0.15) is 0 Å². The van der Waals surface area contributed by atoms with E-state index in [0.29, 0.717) is 26.2 Å². The van der Waals surface area contributed by atoms with Crippen molar-refractivity contribution in [2.45, 2.75) is 6.92 Å². The van der Waals surface area contributed by atoms with E-state index in [2.05, 4.69) is 4.74 Å². The van der Waals surface area contributed by atoms with E-state index in [-0.39, 0.29) is 31.5 Å². The van der Waals surface area contributed by atoms with Crippen molar-refractivity contribution < 1.29 is 28.7 Å². The van der Waals surface area contributed by atoms with Gasteiger partial charge in [-0.05, 0) is 6.92 Å². The quantitative estimate of drug-likeness (QED) is 0.593. The molecule has 0 atom stereocenters. The van der Waals surface area contributed by atoms with E-state index in [9.17, 15) is 24.0 Å². The predicted molar refractivity (Wildman–Crippen MR) is 77.5 cm³/mol. The minimum absolute atomic E-state index is 0.0497. The second-order valence-corrected chi connectivity index (χ2v) is 5.95. The van der Waals surface area contributed by atoms with Crippen molar-refractivity contribution in [2.24, 2.45) is 5.92 Å². The van der Waals surface area contributed by atoms with Gasteiger partial charge in [-0.25, -0.2) is 14.5 Å². The van der Waals surface area contributed by atoms with Crippen molar-refractivity contribution in [3.63, 3.8) is 0 Å². The second kappa shape index (κ2) is 6.10. The molecule has 3 aliphatic heterocycles. The Morgan fingerprint density at radius 2 is 1.83 bits per heavy atom. The number of imide groups is 2. The molecule has 0 radical (unpaired) electrons. The molecule has 3 fully saturated rings. The number of piperazine rings is 1. The molecule has 0 N–H and O–H groups in total. The Hall–Kier alpha value is -2.65. The maximum absolute atomic E-state index is 12.3. The molecule has 10 nitrogen and oxygen atoms in total. The van der Waals surface area contributed by atoms with E-state index in [1.807, 2.05) is 0 Å². The largest absolute Gasteiger partial charge is 0.439 e. The van der Waals surface area contributed by atoms with Crippen LogP contribution in [-0.2, 0) is 19.1 Å². The fourth-order valence-electron chi connectivity index (χ4n) is 2.99. The van der Waals surface area contributed by atoms with Gasteiger partial charge < -0.3 is 14.5 Å². The summed E-state index contributed by atoms with van der Waals surface area (Å²) in [7, 11) is 0. The maximum atomic E-state index is 12.3. The number of amides is 6. The zero-order valence-corrected chi connectivity index (χ0v) is 13.3. The molecule has 0 aromatic rings. The van der Waals surface area contributed by atoms with Gasteiger partial charge in [0.15, 0.2) is 6.61 Å². The van der Waals surface area contributed by atoms with Gasteiger partial charge in [0.2, 0.25) is 0 Å². The number of nitrogens with zero attached hydrogens (tertiary/aromatic N) is 4. The van der Waals surface area contributed by atoms with Crippen LogP contribution >= 0.6 is 0 Å². The number of rotatable bonds is 3. The van der Waals surface area contributed by atoms with E-state index in [4.69, 9.17) is 0 Å². The Labute approximate surface area is 137 Å². The highest BCUT2D eigenvalue weighted by molar-refractivity contribution is 6.38. The van der Waals surface area contributed by atoms with Crippen LogP contribution in [0, 0.1) is 5.92 Å². The van der Waals surface area contributed by atoms with Crippen LogP contribution in [0.2, 0.25) is 0 Å². The predicted octanol–water partition coefficient (Wildman–Crippen LogP) is -1.29. The first-order chi connectivity index (χ1) is 11.4. The topological polar surface area (TPSA) is 108 Å². The summed E-state index contributed by atoms with van der Waals surface area (Å²) >= 11 is 0. The number of carbonyl (C=O) groups is 5. The number of hydrogen-bond donors (Lipinski definition) is 0. The normalized spacial score (nSPS) is 22.2. The van der Waals surface area contributed by atoms with E-state index in [1.54, 1.807) is 6.92 Å². The Kier molecular flexibility index (Phi) is 4.12. The third-order valence-corrected chi connectivity index (χ3v) is 4.43. The lowest BCUT2D eigenvalue weighted by Crippen LogP contribution is -2.63. The fourth-order valence-corrected chi connectivity index (χ4v) is 2.99. The van der Waals surface area contributed by atoms with Crippen LogP contribution in [0.3, 0.4) is 0 Å². The smallest absolute Gasteiger partial charge is 0.417 e. The highest BCUT2D eigenvalue weighted by Crippen LogP contribution is 2.21. The zero-order chi connectivity index (χ0) is 17.4. The average molecular weight is 338 g/mol. The number of likely N-dealkylation sites (tertiary alicyclic amines) is 1. The molecule has 0 bridgehead atoms. The SMILES string of the molecule is CCN1CCN(C(=O)N2CC(CN3C(=O)COC3=O)C2)C(=O)C1=O. The lowest BCUT2D eigenvalue weighted by atomic mass is 10.00. The molecule has 0 aromatic carbocycles. The van der Waals surface area contributed by atoms with Crippen molar-refractivity contribution in [1.29, 1.82) is 0 Å². The molecule has 0 spiro atoms. The third kappa shape index (κ3) is 2.68. The summed E-state index contributed by atoms with van der Waals surface area (Å²) in [6, 6.07) is -0.504. The van der Waals surface area contributed by atoms with E-state index in [1.165, 1.54) is 9.80 Å². The number of likely N-dealkylation sites (N-methyl/N-ethyl adjacent to an activating group) is 1. The number of urea groups is 1. The molecular weight excluding hydrogens is 320 g/mol. The molecule has 3 heterocycles. The Bertz CT molecular complexity index is 598. The van der Waals surface area contributed by atoms with Crippen LogP contribution in [0.15, 0.2) is 0 Å². The van der Waals surface area contributed by atoms with Crippen LogP contribution in [0.25, 0.3) is 0 Å². The molecule has 3 rings (SSSR count). The average Bonchev–Trinajstić information content (AvgIpc) is 2.83. The lowest BCUT2D eigenvalue weighted by Gasteiger charge is -2.43. The second-order valence-electron chi connectivity index (χ2n) is 5.95. The minimum Gasteiger partial charge on any atom is -0.439 e. The van der Waals surface area contributed by atoms with Gasteiger partial charge in [-0.2, -0.15) is 0 Å². The molecule has 0 saturated carbocycles. The van der Waals surface area contributed by atoms with E-state index < -0.39 is 23.9 Å². The molecule has 130 valence electrons. The van der Waals surface area contributed by atoms with Crippen molar-refractivity contribution in [3.8, 4) is 0 Å². The van der Waals surface area contributed by atoms with Gasteiger partial charge in [-0.3, -0.25) is 19.3 Å². The standard InChI is InChI=1S/C14H18N4O6/c1-2-15-3-4-17(12(21)11(15)20)13(22)16-5-9(6-16)7-18-10(19)8-24-14(18)23/h9H,2-8H2,1H3. The summed E-state index contributed by atoms with van der Waals surface area (Å²) in [6.07, 6.45) is -0.666. The highest BCUT2D eigenvalue weighted by atomic mass is 16.6. The van der Waals surface area contributed by atoms with Crippen molar-refractivity contribution in [3.05, 3.63) is 0 Å². The number of cyclic esters (lactones) is 1. The summed E-state index contributed by atoms with van der Waals surface area (Å²) in [4.78, 5) is 63.8. The van der Waals surface area contributed by atoms with Gasteiger partial charge in [0.05, 0.1) is 0 Å². The first-order valence-electron chi connectivity index (χ1n) is 7.79. The van der Waals surface area contributed by atoms with Crippen LogP contribution in [-0.4, -0.2) is 95.3 Å². The third-order valence-electron chi connectivity index (χ3n) is 4.43. The summed E-state index contributed by atoms with van der Waals surface area (Å²) in [5, 5.41) is 0. The van der Waals surface area contributed by atoms with Crippen LogP contribution in [0.5, 0.6) is 0 Å². The Morgan fingerprint density at radius 3 is 2.42 bits per heavy atom. The summed E-state index contributed by atoms with van der Waals surface area (Å²) < 4.78 is 4.63. The molecule has 0 aliphatic carbocycles. The maximum Gasteiger partial charge on any atom is 0.417 e. The monoisotopic (exact) mass is 338 g/mol. The Balaban J connectivity index is 1.52.